The Morgan fingerprint density at radius 3 is 2.52 bits per heavy atom. The summed E-state index contributed by atoms with van der Waals surface area (Å²) >= 11 is 0. The molecule has 2 aromatic carbocycles. The zero-order chi connectivity index (χ0) is 17.8. The summed E-state index contributed by atoms with van der Waals surface area (Å²) in [5.74, 6) is 0. The molecule has 0 fully saturated rings. The Morgan fingerprint density at radius 1 is 1.04 bits per heavy atom. The van der Waals surface area contributed by atoms with Crippen molar-refractivity contribution in [1.29, 1.82) is 0 Å². The molecule has 0 bridgehead atoms. The van der Waals surface area contributed by atoms with E-state index in [9.17, 15) is 8.42 Å². The van der Waals surface area contributed by atoms with Crippen molar-refractivity contribution in [3.05, 3.63) is 53.6 Å². The minimum absolute atomic E-state index is 0.490. The molecular formula is C20H22N2O2S. The molecule has 0 atom stereocenters. The van der Waals surface area contributed by atoms with Crippen LogP contribution in [0.2, 0.25) is 0 Å². The number of rotatable bonds is 4. The third kappa shape index (κ3) is 2.26. The molecule has 25 heavy (non-hydrogen) atoms. The third-order valence-electron chi connectivity index (χ3n) is 4.98. The Labute approximate surface area is 148 Å². The highest BCUT2D eigenvalue weighted by molar-refractivity contribution is 7.90. The van der Waals surface area contributed by atoms with Crippen LogP contribution in [0.1, 0.15) is 18.1 Å². The standard InChI is InChI=1S/C20H22N2O2S/c1-4-14-8-7-10-17-19-16(12-13-21(2)3)15-9-5-6-11-18(15)22(19)25(23,24)20(14)17/h5-11H,4,12-13H2,1-3H3. The maximum Gasteiger partial charge on any atom is 0.269 e. The lowest BCUT2D eigenvalue weighted by Crippen LogP contribution is -2.15. The number of benzene rings is 2. The first kappa shape index (κ1) is 16.4. The molecule has 1 aliphatic heterocycles. The third-order valence-corrected chi connectivity index (χ3v) is 6.83. The zero-order valence-corrected chi connectivity index (χ0v) is 15.6. The number of para-hydroxylation sites is 1. The second-order valence-corrected chi connectivity index (χ2v) is 8.54. The maximum absolute atomic E-state index is 13.4. The van der Waals surface area contributed by atoms with Gasteiger partial charge in [-0.25, -0.2) is 12.4 Å². The molecule has 0 spiro atoms. The van der Waals surface area contributed by atoms with E-state index in [1.807, 2.05) is 63.5 Å². The van der Waals surface area contributed by atoms with Gasteiger partial charge in [0.25, 0.3) is 10.0 Å². The predicted molar refractivity (Wildman–Crippen MR) is 102 cm³/mol. The molecule has 0 unspecified atom stereocenters. The molecule has 3 aromatic rings. The van der Waals surface area contributed by atoms with E-state index in [1.165, 1.54) is 0 Å². The van der Waals surface area contributed by atoms with Gasteiger partial charge < -0.3 is 4.90 Å². The van der Waals surface area contributed by atoms with Gasteiger partial charge in [-0.3, -0.25) is 0 Å². The van der Waals surface area contributed by atoms with Gasteiger partial charge in [0.2, 0.25) is 0 Å². The van der Waals surface area contributed by atoms with Crippen molar-refractivity contribution in [1.82, 2.24) is 8.87 Å². The van der Waals surface area contributed by atoms with Gasteiger partial charge in [-0.15, -0.1) is 0 Å². The molecule has 4 nitrogen and oxygen atoms in total. The molecule has 0 saturated heterocycles. The van der Waals surface area contributed by atoms with Gasteiger partial charge in [0.1, 0.15) is 4.90 Å². The predicted octanol–water partition coefficient (Wildman–Crippen LogP) is 3.53. The van der Waals surface area contributed by atoms with E-state index in [-0.39, 0.29) is 0 Å². The van der Waals surface area contributed by atoms with Crippen molar-refractivity contribution < 1.29 is 8.42 Å². The highest BCUT2D eigenvalue weighted by atomic mass is 32.2. The van der Waals surface area contributed by atoms with Crippen molar-refractivity contribution >= 4 is 20.9 Å². The van der Waals surface area contributed by atoms with E-state index in [0.29, 0.717) is 11.3 Å². The fourth-order valence-corrected chi connectivity index (χ4v) is 5.87. The maximum atomic E-state index is 13.4. The normalized spacial score (nSPS) is 14.9. The molecule has 1 aliphatic rings. The molecule has 130 valence electrons. The molecule has 0 amide bonds. The van der Waals surface area contributed by atoms with Crippen LogP contribution in [0.3, 0.4) is 0 Å². The lowest BCUT2D eigenvalue weighted by atomic mass is 10.00. The Kier molecular flexibility index (Phi) is 3.74. The molecule has 0 saturated carbocycles. The van der Waals surface area contributed by atoms with E-state index in [0.717, 1.165) is 46.3 Å². The molecule has 0 aliphatic carbocycles. The molecule has 2 heterocycles. The second kappa shape index (κ2) is 5.71. The minimum atomic E-state index is -3.55. The number of hydrogen-bond acceptors (Lipinski definition) is 3. The van der Waals surface area contributed by atoms with Crippen LogP contribution < -0.4 is 0 Å². The summed E-state index contributed by atoms with van der Waals surface area (Å²) in [5.41, 5.74) is 4.51. The summed E-state index contributed by atoms with van der Waals surface area (Å²) in [5, 5.41) is 1.04. The molecule has 0 radical (unpaired) electrons. The first-order valence-corrected chi connectivity index (χ1v) is 10.1. The van der Waals surface area contributed by atoms with Crippen LogP contribution in [0.15, 0.2) is 47.4 Å². The SMILES string of the molecule is CCc1cccc2c1S(=O)(=O)n1c-2c(CCN(C)C)c2ccccc21. The summed E-state index contributed by atoms with van der Waals surface area (Å²) in [7, 11) is 0.531. The minimum Gasteiger partial charge on any atom is -0.309 e. The van der Waals surface area contributed by atoms with Crippen LogP contribution in [0, 0.1) is 0 Å². The lowest BCUT2D eigenvalue weighted by Gasteiger charge is -2.10. The Hall–Kier alpha value is -2.11. The topological polar surface area (TPSA) is 42.3 Å². The van der Waals surface area contributed by atoms with Crippen LogP contribution in [0.4, 0.5) is 0 Å². The Balaban J connectivity index is 2.10. The molecule has 0 N–H and O–H groups in total. The van der Waals surface area contributed by atoms with Crippen molar-refractivity contribution in [2.75, 3.05) is 20.6 Å². The quantitative estimate of drug-likeness (QED) is 0.563. The van der Waals surface area contributed by atoms with Crippen LogP contribution in [0.25, 0.3) is 22.2 Å². The van der Waals surface area contributed by atoms with E-state index < -0.39 is 10.0 Å². The Bertz CT molecular complexity index is 1080. The summed E-state index contributed by atoms with van der Waals surface area (Å²) in [6.45, 7) is 2.88. The number of aromatic nitrogens is 1. The monoisotopic (exact) mass is 354 g/mol. The van der Waals surface area contributed by atoms with Gasteiger partial charge in [0, 0.05) is 17.5 Å². The van der Waals surface area contributed by atoms with Crippen LogP contribution in [-0.4, -0.2) is 37.9 Å². The number of aryl methyl sites for hydroxylation is 1. The van der Waals surface area contributed by atoms with E-state index in [2.05, 4.69) is 4.90 Å². The fraction of sp³-hybridized carbons (Fsp3) is 0.300. The Morgan fingerprint density at radius 2 is 1.80 bits per heavy atom. The first-order chi connectivity index (χ1) is 12.0. The summed E-state index contributed by atoms with van der Waals surface area (Å²) in [6.07, 6.45) is 1.53. The zero-order valence-electron chi connectivity index (χ0n) is 14.8. The van der Waals surface area contributed by atoms with Gasteiger partial charge in [-0.05, 0) is 44.1 Å². The summed E-state index contributed by atoms with van der Waals surface area (Å²) < 4.78 is 28.3. The summed E-state index contributed by atoms with van der Waals surface area (Å²) in [6, 6.07) is 13.7. The number of nitrogens with zero attached hydrogens (tertiary/aromatic N) is 2. The highest BCUT2D eigenvalue weighted by Crippen LogP contribution is 2.46. The average molecular weight is 354 g/mol. The van der Waals surface area contributed by atoms with Crippen molar-refractivity contribution in [3.8, 4) is 11.3 Å². The lowest BCUT2D eigenvalue weighted by molar-refractivity contribution is 0.414. The number of fused-ring (bicyclic) bond motifs is 5. The van der Waals surface area contributed by atoms with Crippen molar-refractivity contribution in [2.24, 2.45) is 0 Å². The fourth-order valence-electron chi connectivity index (χ4n) is 3.83. The van der Waals surface area contributed by atoms with E-state index >= 15 is 0 Å². The largest absolute Gasteiger partial charge is 0.309 e. The summed E-state index contributed by atoms with van der Waals surface area (Å²) in [4.78, 5) is 2.62. The highest BCUT2D eigenvalue weighted by Gasteiger charge is 2.38. The van der Waals surface area contributed by atoms with Gasteiger partial charge in [0.15, 0.2) is 0 Å². The molecule has 5 heteroatoms. The number of hydrogen-bond donors (Lipinski definition) is 0. The van der Waals surface area contributed by atoms with E-state index in [1.54, 1.807) is 3.97 Å². The van der Waals surface area contributed by atoms with E-state index in [4.69, 9.17) is 0 Å². The van der Waals surface area contributed by atoms with Crippen LogP contribution in [0.5, 0.6) is 0 Å². The van der Waals surface area contributed by atoms with Gasteiger partial charge in [0.05, 0.1) is 11.2 Å². The molecule has 4 rings (SSSR count). The van der Waals surface area contributed by atoms with Crippen molar-refractivity contribution in [3.63, 3.8) is 0 Å². The van der Waals surface area contributed by atoms with Gasteiger partial charge in [-0.1, -0.05) is 43.3 Å². The number of likely N-dealkylation sites (N-methyl/N-ethyl adjacent to an activating group) is 1. The van der Waals surface area contributed by atoms with Crippen LogP contribution in [-0.2, 0) is 22.9 Å². The van der Waals surface area contributed by atoms with Crippen molar-refractivity contribution in [2.45, 2.75) is 24.7 Å². The smallest absolute Gasteiger partial charge is 0.269 e. The van der Waals surface area contributed by atoms with Gasteiger partial charge in [-0.2, -0.15) is 0 Å². The van der Waals surface area contributed by atoms with Crippen LogP contribution >= 0.6 is 0 Å². The average Bonchev–Trinajstić information content (AvgIpc) is 3.05. The molecular weight excluding hydrogens is 332 g/mol. The molecule has 1 aromatic heterocycles. The first-order valence-electron chi connectivity index (χ1n) is 8.61. The second-order valence-electron chi connectivity index (χ2n) is 6.81. The van der Waals surface area contributed by atoms with Gasteiger partial charge >= 0.3 is 0 Å².